The van der Waals surface area contributed by atoms with E-state index in [4.69, 9.17) is 20.8 Å². The third kappa shape index (κ3) is 5.72. The van der Waals surface area contributed by atoms with E-state index in [9.17, 15) is 13.6 Å². The Hall–Kier alpha value is -2.94. The zero-order valence-electron chi connectivity index (χ0n) is 19.8. The van der Waals surface area contributed by atoms with Gasteiger partial charge in [-0.15, -0.1) is 0 Å². The number of benzene rings is 2. The molecular formula is C27H28ClF2N3O3. The molecule has 6 nitrogen and oxygen atoms in total. The van der Waals surface area contributed by atoms with Gasteiger partial charge < -0.3 is 19.4 Å². The molecule has 0 atom stereocenters. The summed E-state index contributed by atoms with van der Waals surface area (Å²) in [4.78, 5) is 16.9. The standard InChI is InChI=1S/C27H28ClF2N3O3/c28-22-15-18(1-4-25(22)35-20-7-9-31-10-8-20)17-32-11-13-33(14-12-32)27(34)26-6-5-24(36-26)21-3-2-19(29)16-23(21)30/h1-6,15-16,20,31H,7-14,17H2. The number of rotatable bonds is 6. The molecule has 3 aromatic rings. The second-order valence-corrected chi connectivity index (χ2v) is 9.60. The SMILES string of the molecule is O=C(c1ccc(-c2ccc(F)cc2F)o1)N1CCN(Cc2ccc(OC3CCNCC3)c(Cl)c2)CC1. The van der Waals surface area contributed by atoms with E-state index in [1.165, 1.54) is 18.2 Å². The summed E-state index contributed by atoms with van der Waals surface area (Å²) in [6, 6.07) is 12.2. The second-order valence-electron chi connectivity index (χ2n) is 9.19. The molecule has 0 radical (unpaired) electrons. The summed E-state index contributed by atoms with van der Waals surface area (Å²) in [6.07, 6.45) is 2.15. The Morgan fingerprint density at radius 3 is 2.53 bits per heavy atom. The maximum absolute atomic E-state index is 14.1. The smallest absolute Gasteiger partial charge is 0.289 e. The fourth-order valence-electron chi connectivity index (χ4n) is 4.64. The van der Waals surface area contributed by atoms with Crippen molar-refractivity contribution in [2.45, 2.75) is 25.5 Å². The Balaban J connectivity index is 1.14. The van der Waals surface area contributed by atoms with Crippen LogP contribution >= 0.6 is 11.6 Å². The molecule has 36 heavy (non-hydrogen) atoms. The number of furan rings is 1. The Morgan fingerprint density at radius 1 is 1.03 bits per heavy atom. The van der Waals surface area contributed by atoms with E-state index in [2.05, 4.69) is 10.2 Å². The van der Waals surface area contributed by atoms with E-state index in [0.29, 0.717) is 31.2 Å². The molecule has 0 spiro atoms. The molecule has 0 saturated carbocycles. The molecule has 2 aliphatic heterocycles. The van der Waals surface area contributed by atoms with E-state index in [-0.39, 0.29) is 29.1 Å². The number of piperazine rings is 1. The number of halogens is 3. The van der Waals surface area contributed by atoms with Gasteiger partial charge in [-0.05, 0) is 67.9 Å². The highest BCUT2D eigenvalue weighted by Gasteiger charge is 2.25. The molecule has 190 valence electrons. The van der Waals surface area contributed by atoms with Crippen molar-refractivity contribution in [3.63, 3.8) is 0 Å². The second kappa shape index (κ2) is 11.0. The van der Waals surface area contributed by atoms with Gasteiger partial charge in [0.05, 0.1) is 10.6 Å². The lowest BCUT2D eigenvalue weighted by Gasteiger charge is -2.34. The minimum absolute atomic E-state index is 0.117. The first-order valence-corrected chi connectivity index (χ1v) is 12.6. The number of nitrogens with one attached hydrogen (secondary N) is 1. The largest absolute Gasteiger partial charge is 0.489 e. The number of hydrogen-bond donors (Lipinski definition) is 1. The number of nitrogens with zero attached hydrogens (tertiary/aromatic N) is 2. The Morgan fingerprint density at radius 2 is 1.81 bits per heavy atom. The van der Waals surface area contributed by atoms with Gasteiger partial charge >= 0.3 is 0 Å². The van der Waals surface area contributed by atoms with Crippen LogP contribution in [0.5, 0.6) is 5.75 Å². The van der Waals surface area contributed by atoms with E-state index < -0.39 is 11.6 Å². The van der Waals surface area contributed by atoms with E-state index in [1.807, 2.05) is 18.2 Å². The van der Waals surface area contributed by atoms with Gasteiger partial charge in [-0.1, -0.05) is 17.7 Å². The first-order chi connectivity index (χ1) is 17.5. The van der Waals surface area contributed by atoms with Gasteiger partial charge in [0.2, 0.25) is 0 Å². The van der Waals surface area contributed by atoms with Crippen molar-refractivity contribution in [2.24, 2.45) is 0 Å². The lowest BCUT2D eigenvalue weighted by atomic mass is 10.1. The first kappa shape index (κ1) is 24.7. The average Bonchev–Trinajstić information content (AvgIpc) is 3.36. The molecule has 2 fully saturated rings. The highest BCUT2D eigenvalue weighted by Crippen LogP contribution is 2.29. The predicted octanol–water partition coefficient (Wildman–Crippen LogP) is 4.97. The molecule has 1 aromatic heterocycles. The van der Waals surface area contributed by atoms with Gasteiger partial charge in [0.1, 0.15) is 29.2 Å². The van der Waals surface area contributed by atoms with Gasteiger partial charge in [0.15, 0.2) is 5.76 Å². The van der Waals surface area contributed by atoms with Crippen molar-refractivity contribution in [3.05, 3.63) is 76.5 Å². The highest BCUT2D eigenvalue weighted by atomic mass is 35.5. The van der Waals surface area contributed by atoms with E-state index in [0.717, 1.165) is 55.9 Å². The summed E-state index contributed by atoms with van der Waals surface area (Å²) < 4.78 is 38.9. The van der Waals surface area contributed by atoms with Crippen molar-refractivity contribution in [1.82, 2.24) is 15.1 Å². The number of carbonyl (C=O) groups is 1. The fourth-order valence-corrected chi connectivity index (χ4v) is 4.89. The summed E-state index contributed by atoms with van der Waals surface area (Å²) in [5.41, 5.74) is 1.21. The van der Waals surface area contributed by atoms with Gasteiger partial charge in [-0.25, -0.2) is 8.78 Å². The summed E-state index contributed by atoms with van der Waals surface area (Å²) in [5.74, 6) is -0.590. The third-order valence-corrected chi connectivity index (χ3v) is 6.95. The van der Waals surface area contributed by atoms with Gasteiger partial charge in [0.25, 0.3) is 5.91 Å². The molecule has 9 heteroatoms. The number of hydrogen-bond acceptors (Lipinski definition) is 5. The van der Waals surface area contributed by atoms with Crippen LogP contribution in [-0.4, -0.2) is 61.1 Å². The normalized spacial score (nSPS) is 17.4. The predicted molar refractivity (Wildman–Crippen MR) is 133 cm³/mol. The molecule has 2 aliphatic rings. The summed E-state index contributed by atoms with van der Waals surface area (Å²) in [7, 11) is 0. The van der Waals surface area contributed by atoms with Crippen LogP contribution in [0.4, 0.5) is 8.78 Å². The van der Waals surface area contributed by atoms with Crippen molar-refractivity contribution in [3.8, 4) is 17.1 Å². The van der Waals surface area contributed by atoms with Crippen LogP contribution in [0.15, 0.2) is 52.9 Å². The first-order valence-electron chi connectivity index (χ1n) is 12.2. The summed E-state index contributed by atoms with van der Waals surface area (Å²) in [6.45, 7) is 5.15. The average molecular weight is 516 g/mol. The maximum atomic E-state index is 14.1. The van der Waals surface area contributed by atoms with Gasteiger partial charge in [0, 0.05) is 38.8 Å². The van der Waals surface area contributed by atoms with Crippen LogP contribution < -0.4 is 10.1 Å². The van der Waals surface area contributed by atoms with Crippen LogP contribution in [0.3, 0.4) is 0 Å². The van der Waals surface area contributed by atoms with Crippen molar-refractivity contribution in [1.29, 1.82) is 0 Å². The van der Waals surface area contributed by atoms with Crippen molar-refractivity contribution in [2.75, 3.05) is 39.3 Å². The van der Waals surface area contributed by atoms with E-state index in [1.54, 1.807) is 4.90 Å². The molecule has 0 unspecified atom stereocenters. The number of amides is 1. The van der Waals surface area contributed by atoms with Crippen LogP contribution in [-0.2, 0) is 6.54 Å². The quantitative estimate of drug-likeness (QED) is 0.502. The Labute approximate surface area is 213 Å². The van der Waals surface area contributed by atoms with Crippen molar-refractivity contribution >= 4 is 17.5 Å². The molecule has 0 aliphatic carbocycles. The minimum atomic E-state index is -0.733. The zero-order valence-corrected chi connectivity index (χ0v) is 20.6. The van der Waals surface area contributed by atoms with Gasteiger partial charge in [-0.3, -0.25) is 9.69 Å². The van der Waals surface area contributed by atoms with Crippen LogP contribution in [0, 0.1) is 11.6 Å². The Bertz CT molecular complexity index is 1220. The summed E-state index contributed by atoms with van der Waals surface area (Å²) in [5, 5.41) is 3.94. The molecule has 5 rings (SSSR count). The lowest BCUT2D eigenvalue weighted by molar-refractivity contribution is 0.0598. The number of piperidine rings is 1. The zero-order chi connectivity index (χ0) is 25.1. The third-order valence-electron chi connectivity index (χ3n) is 6.66. The fraction of sp³-hybridized carbons (Fsp3) is 0.370. The summed E-state index contributed by atoms with van der Waals surface area (Å²) >= 11 is 6.50. The molecular weight excluding hydrogens is 488 g/mol. The van der Waals surface area contributed by atoms with Crippen molar-refractivity contribution < 1.29 is 22.7 Å². The molecule has 2 saturated heterocycles. The van der Waals surface area contributed by atoms with Gasteiger partial charge in [-0.2, -0.15) is 0 Å². The number of carbonyl (C=O) groups excluding carboxylic acids is 1. The topological polar surface area (TPSA) is 58.0 Å². The maximum Gasteiger partial charge on any atom is 0.289 e. The van der Waals surface area contributed by atoms with Crippen LogP contribution in [0.1, 0.15) is 29.0 Å². The number of ether oxygens (including phenoxy) is 1. The Kier molecular flexibility index (Phi) is 7.55. The molecule has 1 N–H and O–H groups in total. The highest BCUT2D eigenvalue weighted by molar-refractivity contribution is 6.32. The van der Waals surface area contributed by atoms with Crippen LogP contribution in [0.25, 0.3) is 11.3 Å². The molecule has 1 amide bonds. The molecule has 0 bridgehead atoms. The monoisotopic (exact) mass is 515 g/mol. The van der Waals surface area contributed by atoms with Crippen LogP contribution in [0.2, 0.25) is 5.02 Å². The minimum Gasteiger partial charge on any atom is -0.489 e. The molecule has 3 heterocycles. The molecule has 2 aromatic carbocycles. The lowest BCUT2D eigenvalue weighted by Crippen LogP contribution is -2.48. The van der Waals surface area contributed by atoms with E-state index >= 15 is 0 Å².